The van der Waals surface area contributed by atoms with Crippen LogP contribution in [0.4, 0.5) is 0 Å². The average molecular weight is 659 g/mol. The third kappa shape index (κ3) is 9.06. The molecule has 1 heterocycles. The first-order chi connectivity index (χ1) is 18.6. The number of rotatable bonds is 15. The molecule has 0 aliphatic rings. The predicted molar refractivity (Wildman–Crippen MR) is 160 cm³/mol. The Balaban J connectivity index is 1.84. The zero-order valence-corrected chi connectivity index (χ0v) is 26.1. The maximum atomic E-state index is 13.7. The number of benzene rings is 2. The summed E-state index contributed by atoms with van der Waals surface area (Å²) in [6.45, 7) is 3.75. The Kier molecular flexibility index (Phi) is 12.3. The number of carbonyl (C=O) groups is 1. The molecule has 39 heavy (non-hydrogen) atoms. The van der Waals surface area contributed by atoms with E-state index >= 15 is 0 Å². The highest BCUT2D eigenvalue weighted by Gasteiger charge is 2.30. The molecule has 0 atom stereocenters. The first-order valence-corrected chi connectivity index (χ1v) is 15.7. The number of carbonyl (C=O) groups excluding carboxylic acids is 1. The lowest BCUT2D eigenvalue weighted by Crippen LogP contribution is -2.43. The van der Waals surface area contributed by atoms with Crippen LogP contribution in [-0.4, -0.2) is 61.4 Å². The van der Waals surface area contributed by atoms with Crippen molar-refractivity contribution in [3.8, 4) is 0 Å². The van der Waals surface area contributed by atoms with E-state index in [-0.39, 0.29) is 33.9 Å². The lowest BCUT2D eigenvalue weighted by Gasteiger charge is -2.28. The van der Waals surface area contributed by atoms with E-state index in [1.54, 1.807) is 12.0 Å². The molecule has 3 rings (SSSR count). The molecule has 0 aliphatic heterocycles. The molecule has 0 unspecified atom stereocenters. The Bertz CT molecular complexity index is 1330. The van der Waals surface area contributed by atoms with Crippen LogP contribution in [0, 0.1) is 0 Å². The minimum atomic E-state index is -4.09. The second-order valence-electron chi connectivity index (χ2n) is 9.18. The molecule has 0 bridgehead atoms. The van der Waals surface area contributed by atoms with E-state index in [9.17, 15) is 13.2 Å². The topological polar surface area (TPSA) is 71.9 Å². The van der Waals surface area contributed by atoms with Crippen LogP contribution in [0.2, 0.25) is 10.0 Å². The van der Waals surface area contributed by atoms with E-state index in [1.807, 2.05) is 30.5 Å². The van der Waals surface area contributed by atoms with E-state index in [1.165, 1.54) is 22.5 Å². The quantitative estimate of drug-likeness (QED) is 0.176. The van der Waals surface area contributed by atoms with Crippen molar-refractivity contribution < 1.29 is 17.9 Å². The van der Waals surface area contributed by atoms with Crippen LogP contribution in [0.3, 0.4) is 0 Å². The van der Waals surface area contributed by atoms with Crippen LogP contribution in [0.15, 0.2) is 70.2 Å². The van der Waals surface area contributed by atoms with Crippen molar-refractivity contribution >= 4 is 55.1 Å². The SMILES string of the molecule is CCCCN(Cc1cccn1Cc1ccc(Br)cc1)C(=O)CN(CCCOC)S(=O)(=O)c1cc(Cl)ccc1Cl. The van der Waals surface area contributed by atoms with Crippen molar-refractivity contribution in [3.63, 3.8) is 0 Å². The maximum Gasteiger partial charge on any atom is 0.245 e. The lowest BCUT2D eigenvalue weighted by molar-refractivity contribution is -0.132. The molecule has 0 aliphatic carbocycles. The van der Waals surface area contributed by atoms with Gasteiger partial charge in [-0.15, -0.1) is 0 Å². The van der Waals surface area contributed by atoms with E-state index in [2.05, 4.69) is 39.6 Å². The summed E-state index contributed by atoms with van der Waals surface area (Å²) in [6, 6.07) is 16.3. The third-order valence-corrected chi connectivity index (χ3v) is 9.35. The number of methoxy groups -OCH3 is 1. The van der Waals surface area contributed by atoms with Crippen molar-refractivity contribution in [2.45, 2.75) is 44.2 Å². The second-order valence-corrected chi connectivity index (χ2v) is 12.8. The summed E-state index contributed by atoms with van der Waals surface area (Å²) in [5.74, 6) is -0.279. The van der Waals surface area contributed by atoms with Gasteiger partial charge < -0.3 is 14.2 Å². The van der Waals surface area contributed by atoms with Gasteiger partial charge in [0, 0.05) is 54.7 Å². The fraction of sp³-hybridized carbons (Fsp3) is 0.393. The molecule has 0 N–H and O–H groups in total. The molecule has 1 aromatic heterocycles. The highest BCUT2D eigenvalue weighted by Crippen LogP contribution is 2.28. The summed E-state index contributed by atoms with van der Waals surface area (Å²) < 4.78 is 36.7. The normalized spacial score (nSPS) is 11.7. The number of amides is 1. The van der Waals surface area contributed by atoms with E-state index < -0.39 is 10.0 Å². The van der Waals surface area contributed by atoms with Gasteiger partial charge in [-0.05, 0) is 60.9 Å². The minimum absolute atomic E-state index is 0.0530. The number of hydrogen-bond acceptors (Lipinski definition) is 4. The van der Waals surface area contributed by atoms with Gasteiger partial charge in [-0.25, -0.2) is 8.42 Å². The Labute approximate surface area is 249 Å². The van der Waals surface area contributed by atoms with Gasteiger partial charge >= 0.3 is 0 Å². The summed E-state index contributed by atoms with van der Waals surface area (Å²) in [7, 11) is -2.54. The van der Waals surface area contributed by atoms with Gasteiger partial charge in [-0.2, -0.15) is 4.31 Å². The van der Waals surface area contributed by atoms with Crippen LogP contribution >= 0.6 is 39.1 Å². The Morgan fingerprint density at radius 1 is 1.05 bits per heavy atom. The fourth-order valence-corrected chi connectivity index (χ4v) is 6.53. The molecule has 0 saturated carbocycles. The number of nitrogens with zero attached hydrogens (tertiary/aromatic N) is 3. The molecule has 11 heteroatoms. The highest BCUT2D eigenvalue weighted by molar-refractivity contribution is 9.10. The van der Waals surface area contributed by atoms with Gasteiger partial charge in [0.05, 0.1) is 18.1 Å². The lowest BCUT2D eigenvalue weighted by atomic mass is 10.2. The number of ether oxygens (including phenoxy) is 1. The molecule has 1 amide bonds. The molecule has 0 spiro atoms. The zero-order valence-electron chi connectivity index (χ0n) is 22.2. The van der Waals surface area contributed by atoms with Gasteiger partial charge in [-0.3, -0.25) is 4.79 Å². The summed E-state index contributed by atoms with van der Waals surface area (Å²) in [4.78, 5) is 15.3. The first-order valence-electron chi connectivity index (χ1n) is 12.8. The maximum absolute atomic E-state index is 13.7. The minimum Gasteiger partial charge on any atom is -0.385 e. The van der Waals surface area contributed by atoms with E-state index in [0.717, 1.165) is 28.6 Å². The third-order valence-electron chi connectivity index (χ3n) is 6.26. The van der Waals surface area contributed by atoms with Crippen LogP contribution in [0.5, 0.6) is 0 Å². The Hall–Kier alpha value is -1.88. The number of halogens is 3. The molecule has 212 valence electrons. The Morgan fingerprint density at radius 2 is 1.79 bits per heavy atom. The van der Waals surface area contributed by atoms with Gasteiger partial charge in [0.25, 0.3) is 0 Å². The van der Waals surface area contributed by atoms with Crippen LogP contribution in [-0.2, 0) is 32.6 Å². The van der Waals surface area contributed by atoms with E-state index in [0.29, 0.717) is 32.7 Å². The van der Waals surface area contributed by atoms with Crippen LogP contribution < -0.4 is 0 Å². The molecule has 0 fully saturated rings. The first kappa shape index (κ1) is 31.6. The van der Waals surface area contributed by atoms with Crippen molar-refractivity contribution in [1.29, 1.82) is 0 Å². The Morgan fingerprint density at radius 3 is 2.49 bits per heavy atom. The van der Waals surface area contributed by atoms with Crippen LogP contribution in [0.25, 0.3) is 0 Å². The average Bonchev–Trinajstić information content (AvgIpc) is 3.34. The van der Waals surface area contributed by atoms with Gasteiger partial charge in [0.2, 0.25) is 15.9 Å². The van der Waals surface area contributed by atoms with Crippen molar-refractivity contribution in [2.75, 3.05) is 33.4 Å². The highest BCUT2D eigenvalue weighted by atomic mass is 79.9. The van der Waals surface area contributed by atoms with Gasteiger partial charge in [-0.1, -0.05) is 64.6 Å². The molecule has 2 aromatic carbocycles. The monoisotopic (exact) mass is 657 g/mol. The molecule has 0 saturated heterocycles. The van der Waals surface area contributed by atoms with Gasteiger partial charge in [0.1, 0.15) is 4.90 Å². The van der Waals surface area contributed by atoms with Gasteiger partial charge in [0.15, 0.2) is 0 Å². The van der Waals surface area contributed by atoms with Crippen molar-refractivity contribution in [1.82, 2.24) is 13.8 Å². The van der Waals surface area contributed by atoms with Crippen molar-refractivity contribution in [2.24, 2.45) is 0 Å². The zero-order chi connectivity index (χ0) is 28.4. The van der Waals surface area contributed by atoms with E-state index in [4.69, 9.17) is 27.9 Å². The smallest absolute Gasteiger partial charge is 0.245 e. The summed E-state index contributed by atoms with van der Waals surface area (Å²) in [5.41, 5.74) is 2.10. The number of hydrogen-bond donors (Lipinski definition) is 0. The second kappa shape index (κ2) is 15.2. The largest absolute Gasteiger partial charge is 0.385 e. The predicted octanol–water partition coefficient (Wildman–Crippen LogP) is 6.46. The summed E-state index contributed by atoms with van der Waals surface area (Å²) in [5, 5.41) is 0.300. The molecule has 3 aromatic rings. The van der Waals surface area contributed by atoms with Crippen molar-refractivity contribution in [3.05, 3.63) is 86.6 Å². The summed E-state index contributed by atoms with van der Waals surface area (Å²) in [6.07, 6.45) is 4.11. The molecule has 0 radical (unpaired) electrons. The van der Waals surface area contributed by atoms with Crippen LogP contribution in [0.1, 0.15) is 37.4 Å². The molecular formula is C28H34BrCl2N3O4S. The standard InChI is InChI=1S/C28H34BrCl2N3O4S/c1-3-4-14-33(20-25-7-5-15-32(25)19-22-8-10-23(29)11-9-22)28(35)21-34(16-6-17-38-2)39(36,37)27-18-24(30)12-13-26(27)31/h5,7-13,15,18H,3-4,6,14,16-17,19-21H2,1-2H3. The number of unbranched alkanes of at least 4 members (excludes halogenated alkanes) is 1. The fourth-order valence-electron chi connectivity index (χ4n) is 4.10. The molecular weight excluding hydrogens is 625 g/mol. The molecule has 7 nitrogen and oxygen atoms in total. The summed E-state index contributed by atoms with van der Waals surface area (Å²) >= 11 is 15.8. The number of aromatic nitrogens is 1. The number of sulfonamides is 1.